The summed E-state index contributed by atoms with van der Waals surface area (Å²) in [6, 6.07) is 19.1. The maximum absolute atomic E-state index is 12.7. The molecule has 3 rings (SSSR count). The van der Waals surface area contributed by atoms with Gasteiger partial charge in [0.1, 0.15) is 6.61 Å². The molecule has 0 unspecified atom stereocenters. The van der Waals surface area contributed by atoms with Crippen LogP contribution in [-0.4, -0.2) is 25.5 Å². The molecule has 0 bridgehead atoms. The van der Waals surface area contributed by atoms with Gasteiger partial charge in [0, 0.05) is 33.9 Å². The van der Waals surface area contributed by atoms with Crippen molar-refractivity contribution in [2.45, 2.75) is 13.5 Å². The van der Waals surface area contributed by atoms with Gasteiger partial charge in [0.05, 0.1) is 7.11 Å². The third-order valence-corrected chi connectivity index (χ3v) is 4.86. The molecule has 31 heavy (non-hydrogen) atoms. The molecule has 3 aromatic rings. The number of methoxy groups -OCH3 is 1. The summed E-state index contributed by atoms with van der Waals surface area (Å²) in [5.41, 5.74) is 2.23. The molecule has 2 amide bonds. The molecule has 2 N–H and O–H groups in total. The predicted octanol–water partition coefficient (Wildman–Crippen LogP) is 4.93. The van der Waals surface area contributed by atoms with Crippen LogP contribution in [0.4, 0.5) is 5.69 Å². The highest BCUT2D eigenvalue weighted by Crippen LogP contribution is 2.30. The Morgan fingerprint density at radius 1 is 0.903 bits per heavy atom. The number of carbonyl (C=O) groups excluding carboxylic acids is 2. The highest BCUT2D eigenvalue weighted by atomic mass is 35.5. The van der Waals surface area contributed by atoms with Gasteiger partial charge in [0.25, 0.3) is 11.8 Å². The molecule has 0 saturated heterocycles. The van der Waals surface area contributed by atoms with E-state index in [0.717, 1.165) is 5.56 Å². The Bertz CT molecular complexity index is 1080. The second-order valence-corrected chi connectivity index (χ2v) is 7.05. The van der Waals surface area contributed by atoms with Crippen LogP contribution >= 0.6 is 11.6 Å². The van der Waals surface area contributed by atoms with E-state index in [9.17, 15) is 9.59 Å². The lowest BCUT2D eigenvalue weighted by atomic mass is 10.1. The van der Waals surface area contributed by atoms with Crippen LogP contribution in [0.2, 0.25) is 5.02 Å². The molecule has 160 valence electrons. The third kappa shape index (κ3) is 5.77. The molecule has 0 aliphatic carbocycles. The Morgan fingerprint density at radius 2 is 1.68 bits per heavy atom. The molecule has 6 nitrogen and oxygen atoms in total. The molecule has 0 aliphatic heterocycles. The van der Waals surface area contributed by atoms with Crippen molar-refractivity contribution in [2.75, 3.05) is 19.0 Å². The highest BCUT2D eigenvalue weighted by Gasteiger charge is 2.13. The fourth-order valence-electron chi connectivity index (χ4n) is 2.90. The summed E-state index contributed by atoms with van der Waals surface area (Å²) in [4.78, 5) is 24.7. The Morgan fingerprint density at radius 3 is 2.42 bits per heavy atom. The van der Waals surface area contributed by atoms with E-state index < -0.39 is 0 Å². The number of nitrogens with one attached hydrogen (secondary N) is 2. The summed E-state index contributed by atoms with van der Waals surface area (Å²) in [5, 5.41) is 6.15. The third-order valence-electron chi connectivity index (χ3n) is 4.49. The first-order chi connectivity index (χ1) is 15.0. The number of amides is 2. The minimum atomic E-state index is -0.330. The lowest BCUT2D eigenvalue weighted by molar-refractivity contribution is 0.0954. The number of hydrogen-bond acceptors (Lipinski definition) is 4. The summed E-state index contributed by atoms with van der Waals surface area (Å²) >= 11 is 6.17. The topological polar surface area (TPSA) is 76.7 Å². The van der Waals surface area contributed by atoms with E-state index in [1.807, 2.05) is 25.1 Å². The summed E-state index contributed by atoms with van der Waals surface area (Å²) in [7, 11) is 1.51. The fraction of sp³-hybridized carbons (Fsp3) is 0.167. The van der Waals surface area contributed by atoms with Gasteiger partial charge in [-0.3, -0.25) is 9.59 Å². The van der Waals surface area contributed by atoms with Gasteiger partial charge >= 0.3 is 0 Å². The molecule has 7 heteroatoms. The Labute approximate surface area is 186 Å². The standard InChI is InChI=1S/C24H23ClN2O4/c1-3-26-23(28)16-8-6-9-19(13-16)27-24(29)17-11-12-21(22(14-17)30-2)31-15-18-7-4-5-10-20(18)25/h4-14H,3,15H2,1-2H3,(H,26,28)(H,27,29). The molecule has 0 heterocycles. The number of halogens is 1. The van der Waals surface area contributed by atoms with Gasteiger partial charge < -0.3 is 20.1 Å². The molecule has 0 aromatic heterocycles. The van der Waals surface area contributed by atoms with Crippen LogP contribution in [-0.2, 0) is 6.61 Å². The second-order valence-electron chi connectivity index (χ2n) is 6.64. The van der Waals surface area contributed by atoms with Crippen molar-refractivity contribution in [2.24, 2.45) is 0 Å². The van der Waals surface area contributed by atoms with E-state index in [4.69, 9.17) is 21.1 Å². The minimum Gasteiger partial charge on any atom is -0.493 e. The number of carbonyl (C=O) groups is 2. The second kappa shape index (κ2) is 10.5. The lowest BCUT2D eigenvalue weighted by Gasteiger charge is -2.13. The molecular weight excluding hydrogens is 416 g/mol. The maximum Gasteiger partial charge on any atom is 0.255 e. The van der Waals surface area contributed by atoms with E-state index >= 15 is 0 Å². The number of rotatable bonds is 8. The molecule has 0 aliphatic rings. The molecule has 0 fully saturated rings. The SMILES string of the molecule is CCNC(=O)c1cccc(NC(=O)c2ccc(OCc3ccccc3Cl)c(OC)c2)c1. The number of hydrogen-bond donors (Lipinski definition) is 2. The number of anilines is 1. The molecule has 0 spiro atoms. The first-order valence-electron chi connectivity index (χ1n) is 9.75. The quantitative estimate of drug-likeness (QED) is 0.522. The van der Waals surface area contributed by atoms with Crippen LogP contribution in [0.15, 0.2) is 66.7 Å². The van der Waals surface area contributed by atoms with Gasteiger partial charge in [0.2, 0.25) is 0 Å². The van der Waals surface area contributed by atoms with Gasteiger partial charge in [-0.15, -0.1) is 0 Å². The van der Waals surface area contributed by atoms with E-state index in [1.54, 1.807) is 48.5 Å². The van der Waals surface area contributed by atoms with E-state index in [1.165, 1.54) is 7.11 Å². The minimum absolute atomic E-state index is 0.194. The maximum atomic E-state index is 12.7. The van der Waals surface area contributed by atoms with Crippen molar-refractivity contribution < 1.29 is 19.1 Å². The van der Waals surface area contributed by atoms with Crippen molar-refractivity contribution in [3.63, 3.8) is 0 Å². The Kier molecular flexibility index (Phi) is 7.51. The summed E-state index contributed by atoms with van der Waals surface area (Å²) < 4.78 is 11.2. The zero-order valence-electron chi connectivity index (χ0n) is 17.3. The number of benzene rings is 3. The smallest absolute Gasteiger partial charge is 0.255 e. The van der Waals surface area contributed by atoms with E-state index in [2.05, 4.69) is 10.6 Å². The first kappa shape index (κ1) is 22.2. The summed E-state index contributed by atoms with van der Waals surface area (Å²) in [6.45, 7) is 2.65. The predicted molar refractivity (Wildman–Crippen MR) is 121 cm³/mol. The largest absolute Gasteiger partial charge is 0.493 e. The van der Waals surface area contributed by atoms with Crippen molar-refractivity contribution in [1.82, 2.24) is 5.32 Å². The van der Waals surface area contributed by atoms with Gasteiger partial charge in [-0.05, 0) is 49.4 Å². The average Bonchev–Trinajstić information content (AvgIpc) is 2.78. The molecular formula is C24H23ClN2O4. The van der Waals surface area contributed by atoms with Crippen molar-refractivity contribution >= 4 is 29.1 Å². The van der Waals surface area contributed by atoms with Gasteiger partial charge in [-0.1, -0.05) is 35.9 Å². The van der Waals surface area contributed by atoms with Crippen LogP contribution < -0.4 is 20.1 Å². The van der Waals surface area contributed by atoms with E-state index in [-0.39, 0.29) is 18.4 Å². The first-order valence-corrected chi connectivity index (χ1v) is 10.1. The fourth-order valence-corrected chi connectivity index (χ4v) is 3.09. The monoisotopic (exact) mass is 438 g/mol. The highest BCUT2D eigenvalue weighted by molar-refractivity contribution is 6.31. The van der Waals surface area contributed by atoms with Crippen LogP contribution in [0.25, 0.3) is 0 Å². The molecule has 3 aromatic carbocycles. The average molecular weight is 439 g/mol. The van der Waals surface area contributed by atoms with Crippen LogP contribution in [0, 0.1) is 0 Å². The van der Waals surface area contributed by atoms with Crippen LogP contribution in [0.3, 0.4) is 0 Å². The molecule has 0 radical (unpaired) electrons. The Hall–Kier alpha value is -3.51. The van der Waals surface area contributed by atoms with Crippen molar-refractivity contribution in [3.05, 3.63) is 88.4 Å². The summed E-state index contributed by atoms with van der Waals surface area (Å²) in [5.74, 6) is 0.400. The molecule has 0 atom stereocenters. The van der Waals surface area contributed by atoms with Crippen molar-refractivity contribution in [3.8, 4) is 11.5 Å². The normalized spacial score (nSPS) is 10.3. The summed E-state index contributed by atoms with van der Waals surface area (Å²) in [6.07, 6.45) is 0. The molecule has 0 saturated carbocycles. The van der Waals surface area contributed by atoms with Crippen molar-refractivity contribution in [1.29, 1.82) is 0 Å². The van der Waals surface area contributed by atoms with Gasteiger partial charge in [-0.2, -0.15) is 0 Å². The van der Waals surface area contributed by atoms with Gasteiger partial charge in [0.15, 0.2) is 11.5 Å². The zero-order chi connectivity index (χ0) is 22.2. The number of ether oxygens (including phenoxy) is 2. The van der Waals surface area contributed by atoms with Gasteiger partial charge in [-0.25, -0.2) is 0 Å². The van der Waals surface area contributed by atoms with E-state index in [0.29, 0.717) is 39.9 Å². The Balaban J connectivity index is 1.71. The van der Waals surface area contributed by atoms with Crippen LogP contribution in [0.5, 0.6) is 11.5 Å². The van der Waals surface area contributed by atoms with Crippen LogP contribution in [0.1, 0.15) is 33.2 Å². The lowest BCUT2D eigenvalue weighted by Crippen LogP contribution is -2.22. The zero-order valence-corrected chi connectivity index (χ0v) is 18.0.